The van der Waals surface area contributed by atoms with E-state index in [9.17, 15) is 9.59 Å². The predicted octanol–water partition coefficient (Wildman–Crippen LogP) is 2.05. The molecule has 0 aromatic carbocycles. The van der Waals surface area contributed by atoms with Gasteiger partial charge >= 0.3 is 5.97 Å². The molecular weight excluding hydrogens is 246 g/mol. The number of methoxy groups -OCH3 is 1. The molecule has 0 aromatic rings. The van der Waals surface area contributed by atoms with Crippen molar-refractivity contribution >= 4 is 11.9 Å². The van der Waals surface area contributed by atoms with Crippen LogP contribution in [0.2, 0.25) is 0 Å². The van der Waals surface area contributed by atoms with Crippen molar-refractivity contribution in [2.75, 3.05) is 20.3 Å². The van der Waals surface area contributed by atoms with Crippen molar-refractivity contribution in [2.45, 2.75) is 57.4 Å². The summed E-state index contributed by atoms with van der Waals surface area (Å²) in [6, 6.07) is 0.125. The predicted molar refractivity (Wildman–Crippen MR) is 71.9 cm³/mol. The summed E-state index contributed by atoms with van der Waals surface area (Å²) in [4.78, 5) is 24.7. The minimum absolute atomic E-state index is 0.125. The molecule has 1 N–H and O–H groups in total. The number of unbranched alkanes of at least 4 members (excludes halogenated alkanes) is 1. The minimum atomic E-state index is -0.780. The first-order valence-corrected chi connectivity index (χ1v) is 7.15. The Kier molecular flexibility index (Phi) is 7.48. The van der Waals surface area contributed by atoms with Gasteiger partial charge in [-0.2, -0.15) is 0 Å². The summed E-state index contributed by atoms with van der Waals surface area (Å²) in [6.45, 7) is 1.48. The first-order chi connectivity index (χ1) is 9.15. The molecule has 1 saturated heterocycles. The average Bonchev–Trinajstić information content (AvgIpc) is 2.41. The van der Waals surface area contributed by atoms with Crippen LogP contribution < -0.4 is 0 Å². The Balaban J connectivity index is 2.37. The number of carbonyl (C=O) groups excluding carboxylic acids is 1. The lowest BCUT2D eigenvalue weighted by molar-refractivity contribution is -0.140. The van der Waals surface area contributed by atoms with Gasteiger partial charge in [-0.15, -0.1) is 0 Å². The van der Waals surface area contributed by atoms with Crippen molar-refractivity contribution in [1.29, 1.82) is 0 Å². The van der Waals surface area contributed by atoms with E-state index < -0.39 is 5.97 Å². The Morgan fingerprint density at radius 3 is 2.74 bits per heavy atom. The van der Waals surface area contributed by atoms with Crippen molar-refractivity contribution in [1.82, 2.24) is 4.90 Å². The van der Waals surface area contributed by atoms with Gasteiger partial charge in [0.05, 0.1) is 0 Å². The fourth-order valence-electron chi connectivity index (χ4n) is 2.59. The van der Waals surface area contributed by atoms with Gasteiger partial charge in [0.2, 0.25) is 5.91 Å². The molecule has 0 radical (unpaired) electrons. The number of carbonyl (C=O) groups is 2. The summed E-state index contributed by atoms with van der Waals surface area (Å²) in [5.74, 6) is -0.607. The Bertz CT molecular complexity index is 293. The summed E-state index contributed by atoms with van der Waals surface area (Å²) < 4.78 is 4.96. The maximum absolute atomic E-state index is 12.2. The summed E-state index contributed by atoms with van der Waals surface area (Å²) in [6.07, 6.45) is 6.09. The molecular formula is C14H25NO4. The molecule has 1 fully saturated rings. The van der Waals surface area contributed by atoms with Gasteiger partial charge in [-0.3, -0.25) is 9.59 Å². The van der Waals surface area contributed by atoms with Crippen molar-refractivity contribution < 1.29 is 19.4 Å². The molecule has 5 heteroatoms. The Morgan fingerprint density at radius 2 is 2.05 bits per heavy atom. The first kappa shape index (κ1) is 16.0. The normalized spacial score (nSPS) is 19.4. The van der Waals surface area contributed by atoms with E-state index in [1.54, 1.807) is 7.11 Å². The van der Waals surface area contributed by atoms with E-state index >= 15 is 0 Å². The van der Waals surface area contributed by atoms with Crippen LogP contribution in [-0.2, 0) is 14.3 Å². The number of piperidine rings is 1. The highest BCUT2D eigenvalue weighted by atomic mass is 16.5. The monoisotopic (exact) mass is 271 g/mol. The Morgan fingerprint density at radius 1 is 1.26 bits per heavy atom. The summed E-state index contributed by atoms with van der Waals surface area (Å²) in [5, 5.41) is 8.75. The van der Waals surface area contributed by atoms with Crippen molar-refractivity contribution in [2.24, 2.45) is 0 Å². The molecule has 1 atom stereocenters. The van der Waals surface area contributed by atoms with Crippen LogP contribution in [0.3, 0.4) is 0 Å². The highest BCUT2D eigenvalue weighted by Crippen LogP contribution is 2.22. The molecule has 1 rings (SSSR count). The Hall–Kier alpha value is -1.10. The van der Waals surface area contributed by atoms with E-state index in [4.69, 9.17) is 9.84 Å². The molecule has 0 aliphatic carbocycles. The molecule has 1 heterocycles. The van der Waals surface area contributed by atoms with Crippen molar-refractivity contribution in [3.05, 3.63) is 0 Å². The van der Waals surface area contributed by atoms with Gasteiger partial charge < -0.3 is 14.7 Å². The van der Waals surface area contributed by atoms with E-state index in [1.807, 2.05) is 4.90 Å². The number of nitrogens with zero attached hydrogens (tertiary/aromatic N) is 1. The van der Waals surface area contributed by atoms with E-state index in [0.29, 0.717) is 19.4 Å². The van der Waals surface area contributed by atoms with Crippen LogP contribution in [0, 0.1) is 0 Å². The number of aliphatic carboxylic acids is 1. The number of amides is 1. The third-order valence-electron chi connectivity index (χ3n) is 3.63. The highest BCUT2D eigenvalue weighted by Gasteiger charge is 2.26. The SMILES string of the molecule is COCCCCC(=O)N1CCCCC1CCC(=O)O. The lowest BCUT2D eigenvalue weighted by atomic mass is 9.97. The summed E-state index contributed by atoms with van der Waals surface area (Å²) >= 11 is 0. The van der Waals surface area contributed by atoms with Crippen LogP contribution in [-0.4, -0.2) is 48.2 Å². The molecule has 0 spiro atoms. The number of likely N-dealkylation sites (tertiary alicyclic amines) is 1. The molecule has 1 amide bonds. The van der Waals surface area contributed by atoms with Gasteiger partial charge in [0.1, 0.15) is 0 Å². The van der Waals surface area contributed by atoms with Crippen molar-refractivity contribution in [3.8, 4) is 0 Å². The van der Waals surface area contributed by atoms with E-state index in [-0.39, 0.29) is 18.4 Å². The molecule has 0 bridgehead atoms. The van der Waals surface area contributed by atoms with Gasteiger partial charge in [0.15, 0.2) is 0 Å². The number of hydrogen-bond acceptors (Lipinski definition) is 3. The molecule has 1 aliphatic heterocycles. The fraction of sp³-hybridized carbons (Fsp3) is 0.857. The molecule has 1 aliphatic rings. The maximum atomic E-state index is 12.2. The number of hydrogen-bond donors (Lipinski definition) is 1. The van der Waals surface area contributed by atoms with Crippen molar-refractivity contribution in [3.63, 3.8) is 0 Å². The third kappa shape index (κ3) is 6.05. The van der Waals surface area contributed by atoms with E-state index in [1.165, 1.54) is 0 Å². The second-order valence-electron chi connectivity index (χ2n) is 5.12. The molecule has 5 nitrogen and oxygen atoms in total. The maximum Gasteiger partial charge on any atom is 0.303 e. The number of rotatable bonds is 8. The van der Waals surface area contributed by atoms with Crippen LogP contribution in [0.4, 0.5) is 0 Å². The standard InChI is InChI=1S/C14H25NO4/c1-19-11-5-3-7-13(16)15-10-4-2-6-12(15)8-9-14(17)18/h12H,2-11H2,1H3,(H,17,18). The van der Waals surface area contributed by atoms with Crippen LogP contribution in [0.25, 0.3) is 0 Å². The second kappa shape index (κ2) is 8.91. The lowest BCUT2D eigenvalue weighted by Gasteiger charge is -2.35. The zero-order valence-electron chi connectivity index (χ0n) is 11.8. The summed E-state index contributed by atoms with van der Waals surface area (Å²) in [5.41, 5.74) is 0. The zero-order chi connectivity index (χ0) is 14.1. The van der Waals surface area contributed by atoms with Gasteiger partial charge in [0.25, 0.3) is 0 Å². The van der Waals surface area contributed by atoms with Gasteiger partial charge in [0, 0.05) is 39.1 Å². The van der Waals surface area contributed by atoms with Gasteiger partial charge in [-0.1, -0.05) is 0 Å². The smallest absolute Gasteiger partial charge is 0.303 e. The number of carboxylic acids is 1. The lowest BCUT2D eigenvalue weighted by Crippen LogP contribution is -2.43. The van der Waals surface area contributed by atoms with Crippen LogP contribution >= 0.6 is 0 Å². The topological polar surface area (TPSA) is 66.8 Å². The van der Waals surface area contributed by atoms with Crippen LogP contribution in [0.5, 0.6) is 0 Å². The summed E-state index contributed by atoms with van der Waals surface area (Å²) in [7, 11) is 1.66. The molecule has 19 heavy (non-hydrogen) atoms. The quantitative estimate of drug-likeness (QED) is 0.686. The largest absolute Gasteiger partial charge is 0.481 e. The molecule has 110 valence electrons. The second-order valence-corrected chi connectivity index (χ2v) is 5.12. The van der Waals surface area contributed by atoms with E-state index in [2.05, 4.69) is 0 Å². The van der Waals surface area contributed by atoms with Gasteiger partial charge in [-0.25, -0.2) is 0 Å². The average molecular weight is 271 g/mol. The first-order valence-electron chi connectivity index (χ1n) is 7.15. The van der Waals surface area contributed by atoms with Gasteiger partial charge in [-0.05, 0) is 38.5 Å². The fourth-order valence-corrected chi connectivity index (χ4v) is 2.59. The molecule has 0 saturated carbocycles. The van der Waals surface area contributed by atoms with Crippen LogP contribution in [0.15, 0.2) is 0 Å². The highest BCUT2D eigenvalue weighted by molar-refractivity contribution is 5.76. The zero-order valence-corrected chi connectivity index (χ0v) is 11.8. The molecule has 1 unspecified atom stereocenters. The molecule has 0 aromatic heterocycles. The van der Waals surface area contributed by atoms with Crippen LogP contribution in [0.1, 0.15) is 51.4 Å². The number of ether oxygens (including phenoxy) is 1. The Labute approximate surface area is 114 Å². The third-order valence-corrected chi connectivity index (χ3v) is 3.63. The van der Waals surface area contributed by atoms with E-state index in [0.717, 1.165) is 38.6 Å². The minimum Gasteiger partial charge on any atom is -0.481 e. The number of carboxylic acid groups (broad SMARTS) is 1.